The van der Waals surface area contributed by atoms with Gasteiger partial charge in [0.05, 0.1) is 5.56 Å². The van der Waals surface area contributed by atoms with Crippen LogP contribution < -0.4 is 4.90 Å². The molecule has 1 fully saturated rings. The molecule has 0 radical (unpaired) electrons. The van der Waals surface area contributed by atoms with E-state index in [0.717, 1.165) is 25.2 Å². The van der Waals surface area contributed by atoms with Crippen molar-refractivity contribution in [3.8, 4) is 6.07 Å². The van der Waals surface area contributed by atoms with E-state index < -0.39 is 5.82 Å². The van der Waals surface area contributed by atoms with Crippen molar-refractivity contribution in [2.24, 2.45) is 5.41 Å². The Hall–Kier alpha value is -1.56. The van der Waals surface area contributed by atoms with Crippen molar-refractivity contribution in [2.45, 2.75) is 26.7 Å². The van der Waals surface area contributed by atoms with Crippen molar-refractivity contribution < 1.29 is 4.39 Å². The highest BCUT2D eigenvalue weighted by molar-refractivity contribution is 5.51. The average molecular weight is 232 g/mol. The summed E-state index contributed by atoms with van der Waals surface area (Å²) in [5, 5.41) is 8.70. The summed E-state index contributed by atoms with van der Waals surface area (Å²) in [6.45, 7) is 6.38. The van der Waals surface area contributed by atoms with Crippen molar-refractivity contribution in [2.75, 3.05) is 18.0 Å². The highest BCUT2D eigenvalue weighted by atomic mass is 19.1. The second kappa shape index (κ2) is 4.37. The number of rotatable bonds is 1. The van der Waals surface area contributed by atoms with Crippen LogP contribution in [0.25, 0.3) is 0 Å². The number of hydrogen-bond acceptors (Lipinski definition) is 2. The molecular formula is C14H17FN2. The van der Waals surface area contributed by atoms with Crippen LogP contribution in [0, 0.1) is 22.6 Å². The molecule has 0 aliphatic carbocycles. The molecular weight excluding hydrogens is 215 g/mol. The topological polar surface area (TPSA) is 27.0 Å². The molecule has 0 N–H and O–H groups in total. The third kappa shape index (κ3) is 2.58. The van der Waals surface area contributed by atoms with Crippen LogP contribution in [0.2, 0.25) is 0 Å². The lowest BCUT2D eigenvalue weighted by Gasteiger charge is -2.39. The summed E-state index contributed by atoms with van der Waals surface area (Å²) in [6, 6.07) is 6.72. The third-order valence-electron chi connectivity index (χ3n) is 3.34. The second-order valence-corrected chi connectivity index (χ2v) is 5.47. The Morgan fingerprint density at radius 3 is 2.76 bits per heavy atom. The van der Waals surface area contributed by atoms with Crippen LogP contribution in [0.5, 0.6) is 0 Å². The summed E-state index contributed by atoms with van der Waals surface area (Å²) in [6.07, 6.45) is 2.34. The molecule has 1 aliphatic heterocycles. The molecule has 1 aliphatic rings. The van der Waals surface area contributed by atoms with E-state index in [0.29, 0.717) is 0 Å². The molecule has 0 unspecified atom stereocenters. The van der Waals surface area contributed by atoms with Gasteiger partial charge in [0.1, 0.15) is 11.9 Å². The van der Waals surface area contributed by atoms with E-state index in [1.807, 2.05) is 12.1 Å². The standard InChI is InChI=1S/C14H17FN2/c1-14(2)6-3-7-17(10-14)12-5-4-11(9-16)13(15)8-12/h4-5,8H,3,6-7,10H2,1-2H3. The zero-order valence-electron chi connectivity index (χ0n) is 10.3. The van der Waals surface area contributed by atoms with E-state index in [9.17, 15) is 4.39 Å². The monoisotopic (exact) mass is 232 g/mol. The number of halogens is 1. The molecule has 0 aromatic heterocycles. The molecule has 90 valence electrons. The van der Waals surface area contributed by atoms with Crippen molar-refractivity contribution in [3.05, 3.63) is 29.6 Å². The second-order valence-electron chi connectivity index (χ2n) is 5.47. The van der Waals surface area contributed by atoms with Crippen LogP contribution in [0.4, 0.5) is 10.1 Å². The maximum Gasteiger partial charge on any atom is 0.143 e. The summed E-state index contributed by atoms with van der Waals surface area (Å²) < 4.78 is 13.5. The third-order valence-corrected chi connectivity index (χ3v) is 3.34. The van der Waals surface area contributed by atoms with Gasteiger partial charge in [0.25, 0.3) is 0 Å². The van der Waals surface area contributed by atoms with Gasteiger partial charge in [-0.2, -0.15) is 5.26 Å². The zero-order valence-corrected chi connectivity index (χ0v) is 10.3. The summed E-state index contributed by atoms with van der Waals surface area (Å²) >= 11 is 0. The van der Waals surface area contributed by atoms with Gasteiger partial charge in [0.15, 0.2) is 0 Å². The van der Waals surface area contributed by atoms with Crippen LogP contribution in [0.1, 0.15) is 32.3 Å². The first-order valence-corrected chi connectivity index (χ1v) is 5.96. The normalized spacial score (nSPS) is 18.8. The Kier molecular flexibility index (Phi) is 3.06. The molecule has 0 spiro atoms. The summed E-state index contributed by atoms with van der Waals surface area (Å²) in [7, 11) is 0. The van der Waals surface area contributed by atoms with Gasteiger partial charge in [0, 0.05) is 18.8 Å². The summed E-state index contributed by atoms with van der Waals surface area (Å²) in [5.41, 5.74) is 1.28. The predicted molar refractivity (Wildman–Crippen MR) is 66.3 cm³/mol. The van der Waals surface area contributed by atoms with E-state index >= 15 is 0 Å². The van der Waals surface area contributed by atoms with Crippen LogP contribution >= 0.6 is 0 Å². The lowest BCUT2D eigenvalue weighted by molar-refractivity contribution is 0.293. The van der Waals surface area contributed by atoms with Crippen LogP contribution in [-0.2, 0) is 0 Å². The van der Waals surface area contributed by atoms with Gasteiger partial charge >= 0.3 is 0 Å². The molecule has 1 saturated heterocycles. The number of nitrogens with zero attached hydrogens (tertiary/aromatic N) is 2. The van der Waals surface area contributed by atoms with Gasteiger partial charge in [-0.05, 0) is 36.5 Å². The first kappa shape index (κ1) is 11.9. The molecule has 0 saturated carbocycles. The quantitative estimate of drug-likeness (QED) is 0.742. The van der Waals surface area contributed by atoms with E-state index in [1.54, 1.807) is 6.07 Å². The maximum atomic E-state index is 13.5. The number of piperidine rings is 1. The van der Waals surface area contributed by atoms with Crippen LogP contribution in [-0.4, -0.2) is 13.1 Å². The Labute approximate surface area is 102 Å². The largest absolute Gasteiger partial charge is 0.371 e. The highest BCUT2D eigenvalue weighted by Gasteiger charge is 2.26. The van der Waals surface area contributed by atoms with E-state index in [1.165, 1.54) is 12.5 Å². The lowest BCUT2D eigenvalue weighted by atomic mass is 9.84. The Morgan fingerprint density at radius 2 is 2.18 bits per heavy atom. The van der Waals surface area contributed by atoms with Crippen LogP contribution in [0.15, 0.2) is 18.2 Å². The van der Waals surface area contributed by atoms with Crippen molar-refractivity contribution in [3.63, 3.8) is 0 Å². The highest BCUT2D eigenvalue weighted by Crippen LogP contribution is 2.31. The minimum atomic E-state index is -0.423. The first-order chi connectivity index (χ1) is 8.02. The van der Waals surface area contributed by atoms with Gasteiger partial charge < -0.3 is 4.90 Å². The maximum absolute atomic E-state index is 13.5. The molecule has 1 aromatic carbocycles. The van der Waals surface area contributed by atoms with Gasteiger partial charge in [-0.1, -0.05) is 13.8 Å². The molecule has 1 heterocycles. The van der Waals surface area contributed by atoms with Crippen molar-refractivity contribution >= 4 is 5.69 Å². The summed E-state index contributed by atoms with van der Waals surface area (Å²) in [4.78, 5) is 2.20. The lowest BCUT2D eigenvalue weighted by Crippen LogP contribution is -2.40. The van der Waals surface area contributed by atoms with E-state index in [4.69, 9.17) is 5.26 Å². The molecule has 1 aromatic rings. The Bertz CT molecular complexity index is 460. The van der Waals surface area contributed by atoms with E-state index in [2.05, 4.69) is 18.7 Å². The average Bonchev–Trinajstić information content (AvgIpc) is 2.27. The number of hydrogen-bond donors (Lipinski definition) is 0. The fraction of sp³-hybridized carbons (Fsp3) is 0.500. The molecule has 2 rings (SSSR count). The molecule has 2 nitrogen and oxygen atoms in total. The molecule has 0 atom stereocenters. The van der Waals surface area contributed by atoms with Gasteiger partial charge in [-0.25, -0.2) is 4.39 Å². The fourth-order valence-electron chi connectivity index (χ4n) is 2.44. The van der Waals surface area contributed by atoms with Crippen molar-refractivity contribution in [1.82, 2.24) is 0 Å². The fourth-order valence-corrected chi connectivity index (χ4v) is 2.44. The molecule has 17 heavy (non-hydrogen) atoms. The molecule has 0 bridgehead atoms. The minimum absolute atomic E-state index is 0.116. The minimum Gasteiger partial charge on any atom is -0.371 e. The Balaban J connectivity index is 2.23. The van der Waals surface area contributed by atoms with Gasteiger partial charge in [-0.15, -0.1) is 0 Å². The van der Waals surface area contributed by atoms with Gasteiger partial charge in [0.2, 0.25) is 0 Å². The predicted octanol–water partition coefficient (Wildman–Crippen LogP) is 3.32. The van der Waals surface area contributed by atoms with Crippen molar-refractivity contribution in [1.29, 1.82) is 5.26 Å². The smallest absolute Gasteiger partial charge is 0.143 e. The SMILES string of the molecule is CC1(C)CCCN(c2ccc(C#N)c(F)c2)C1. The summed E-state index contributed by atoms with van der Waals surface area (Å²) in [5.74, 6) is -0.423. The molecule has 3 heteroatoms. The van der Waals surface area contributed by atoms with Gasteiger partial charge in [-0.3, -0.25) is 0 Å². The van der Waals surface area contributed by atoms with E-state index in [-0.39, 0.29) is 11.0 Å². The number of benzene rings is 1. The molecule has 0 amide bonds. The van der Waals surface area contributed by atoms with Crippen LogP contribution in [0.3, 0.4) is 0 Å². The number of anilines is 1. The number of nitriles is 1. The zero-order chi connectivity index (χ0) is 12.5. The Morgan fingerprint density at radius 1 is 1.41 bits per heavy atom. The first-order valence-electron chi connectivity index (χ1n) is 5.96.